The second kappa shape index (κ2) is 12.0. The molecule has 0 bridgehead atoms. The van der Waals surface area contributed by atoms with Crippen molar-refractivity contribution < 1.29 is 22.7 Å². The number of ether oxygens (including phenoxy) is 2. The van der Waals surface area contributed by atoms with Gasteiger partial charge in [0.1, 0.15) is 24.7 Å². The van der Waals surface area contributed by atoms with Crippen LogP contribution >= 0.6 is 11.6 Å². The molecule has 4 rings (SSSR count). The molecule has 0 atom stereocenters. The molecular weight excluding hydrogens is 524 g/mol. The Bertz CT molecular complexity index is 1490. The number of nitrogens with zero attached hydrogens (tertiary/aromatic N) is 1. The first-order valence-corrected chi connectivity index (χ1v) is 13.6. The van der Waals surface area contributed by atoms with Crippen LogP contribution in [0.5, 0.6) is 11.5 Å². The second-order valence-electron chi connectivity index (χ2n) is 8.49. The summed E-state index contributed by atoms with van der Waals surface area (Å²) in [6.45, 7) is 1.78. The van der Waals surface area contributed by atoms with E-state index < -0.39 is 22.5 Å². The van der Waals surface area contributed by atoms with Gasteiger partial charge in [-0.05, 0) is 67.1 Å². The van der Waals surface area contributed by atoms with E-state index in [-0.39, 0.29) is 16.3 Å². The maximum Gasteiger partial charge on any atom is 0.264 e. The van der Waals surface area contributed by atoms with Crippen LogP contribution in [0.15, 0.2) is 102 Å². The van der Waals surface area contributed by atoms with E-state index in [4.69, 9.17) is 21.1 Å². The lowest BCUT2D eigenvalue weighted by Crippen LogP contribution is -2.38. The Morgan fingerprint density at radius 2 is 1.61 bits per heavy atom. The summed E-state index contributed by atoms with van der Waals surface area (Å²) in [6, 6.07) is 27.6. The number of hydrogen-bond donors (Lipinski definition) is 1. The number of anilines is 2. The SMILES string of the molecule is COc1ccc(Cl)cc1N(CC(=O)Nc1ccc(OCc2ccccc2)cc1)S(=O)(=O)c1ccc(C)cc1. The van der Waals surface area contributed by atoms with Crippen molar-refractivity contribution in [1.82, 2.24) is 0 Å². The van der Waals surface area contributed by atoms with Crippen LogP contribution in [0.3, 0.4) is 0 Å². The Morgan fingerprint density at radius 1 is 0.921 bits per heavy atom. The first kappa shape index (κ1) is 27.0. The fourth-order valence-corrected chi connectivity index (χ4v) is 5.29. The van der Waals surface area contributed by atoms with Crippen LogP contribution in [-0.4, -0.2) is 28.0 Å². The molecule has 196 valence electrons. The van der Waals surface area contributed by atoms with Crippen molar-refractivity contribution in [3.63, 3.8) is 0 Å². The van der Waals surface area contributed by atoms with Gasteiger partial charge in [0.2, 0.25) is 5.91 Å². The Hall–Kier alpha value is -4.01. The van der Waals surface area contributed by atoms with Crippen LogP contribution in [0.25, 0.3) is 0 Å². The lowest BCUT2D eigenvalue weighted by Gasteiger charge is -2.26. The number of hydrogen-bond acceptors (Lipinski definition) is 5. The summed E-state index contributed by atoms with van der Waals surface area (Å²) in [5.74, 6) is 0.359. The molecule has 0 aliphatic heterocycles. The molecule has 0 saturated heterocycles. The van der Waals surface area contributed by atoms with Crippen molar-refractivity contribution in [3.05, 3.63) is 113 Å². The zero-order chi connectivity index (χ0) is 27.1. The number of halogens is 1. The molecule has 1 amide bonds. The lowest BCUT2D eigenvalue weighted by molar-refractivity contribution is -0.114. The molecule has 0 unspecified atom stereocenters. The Labute approximate surface area is 227 Å². The zero-order valence-corrected chi connectivity index (χ0v) is 22.5. The van der Waals surface area contributed by atoms with Crippen LogP contribution < -0.4 is 19.1 Å². The number of amides is 1. The number of carbonyl (C=O) groups is 1. The summed E-state index contributed by atoms with van der Waals surface area (Å²) in [7, 11) is -2.71. The van der Waals surface area contributed by atoms with Crippen molar-refractivity contribution >= 4 is 38.9 Å². The van der Waals surface area contributed by atoms with Crippen LogP contribution in [0.1, 0.15) is 11.1 Å². The van der Waals surface area contributed by atoms with E-state index in [1.54, 1.807) is 48.5 Å². The third-order valence-corrected chi connectivity index (χ3v) is 7.70. The number of methoxy groups -OCH3 is 1. The predicted octanol–water partition coefficient (Wildman–Crippen LogP) is 6.07. The van der Waals surface area contributed by atoms with E-state index in [2.05, 4.69) is 5.32 Å². The van der Waals surface area contributed by atoms with Gasteiger partial charge in [-0.25, -0.2) is 8.42 Å². The highest BCUT2D eigenvalue weighted by Gasteiger charge is 2.29. The minimum absolute atomic E-state index is 0.0397. The van der Waals surface area contributed by atoms with Gasteiger partial charge in [-0.1, -0.05) is 59.6 Å². The van der Waals surface area contributed by atoms with Gasteiger partial charge < -0.3 is 14.8 Å². The van der Waals surface area contributed by atoms with Gasteiger partial charge >= 0.3 is 0 Å². The average molecular weight is 551 g/mol. The number of benzene rings is 4. The zero-order valence-electron chi connectivity index (χ0n) is 20.9. The third kappa shape index (κ3) is 6.65. The Balaban J connectivity index is 1.54. The third-order valence-electron chi connectivity index (χ3n) is 5.69. The largest absolute Gasteiger partial charge is 0.495 e. The number of rotatable bonds is 10. The van der Waals surface area contributed by atoms with E-state index in [9.17, 15) is 13.2 Å². The fraction of sp³-hybridized carbons (Fsp3) is 0.138. The summed E-state index contributed by atoms with van der Waals surface area (Å²) >= 11 is 6.19. The number of aryl methyl sites for hydroxylation is 1. The van der Waals surface area contributed by atoms with Gasteiger partial charge in [-0.15, -0.1) is 0 Å². The highest BCUT2D eigenvalue weighted by molar-refractivity contribution is 7.92. The molecule has 0 saturated carbocycles. The molecule has 7 nitrogen and oxygen atoms in total. The van der Waals surface area contributed by atoms with Gasteiger partial charge in [-0.3, -0.25) is 9.10 Å². The monoisotopic (exact) mass is 550 g/mol. The minimum Gasteiger partial charge on any atom is -0.495 e. The van der Waals surface area contributed by atoms with Gasteiger partial charge in [0, 0.05) is 10.7 Å². The molecule has 38 heavy (non-hydrogen) atoms. The Kier molecular flexibility index (Phi) is 8.55. The van der Waals surface area contributed by atoms with Crippen LogP contribution in [0, 0.1) is 6.92 Å². The minimum atomic E-state index is -4.13. The molecule has 0 heterocycles. The fourth-order valence-electron chi connectivity index (χ4n) is 3.70. The summed E-state index contributed by atoms with van der Waals surface area (Å²) < 4.78 is 39.5. The standard InChI is InChI=1S/C29H27ClN2O5S/c1-21-8-15-26(16-9-21)38(34,35)32(27-18-23(30)10-17-28(27)36-2)19-29(33)31-24-11-13-25(14-12-24)37-20-22-6-4-3-5-7-22/h3-18H,19-20H2,1-2H3,(H,31,33). The summed E-state index contributed by atoms with van der Waals surface area (Å²) in [6.07, 6.45) is 0. The molecule has 0 radical (unpaired) electrons. The van der Waals surface area contributed by atoms with Crippen molar-refractivity contribution in [1.29, 1.82) is 0 Å². The number of sulfonamides is 1. The molecular formula is C29H27ClN2O5S. The van der Waals surface area contributed by atoms with Crippen LogP contribution in [-0.2, 0) is 21.4 Å². The molecule has 4 aromatic carbocycles. The van der Waals surface area contributed by atoms with E-state index in [0.717, 1.165) is 15.4 Å². The predicted molar refractivity (Wildman–Crippen MR) is 150 cm³/mol. The maximum atomic E-state index is 13.7. The van der Waals surface area contributed by atoms with Crippen molar-refractivity contribution in [2.75, 3.05) is 23.3 Å². The van der Waals surface area contributed by atoms with Gasteiger partial charge in [0.05, 0.1) is 17.7 Å². The molecule has 0 aromatic heterocycles. The molecule has 9 heteroatoms. The highest BCUT2D eigenvalue weighted by atomic mass is 35.5. The number of nitrogens with one attached hydrogen (secondary N) is 1. The first-order valence-electron chi connectivity index (χ1n) is 11.8. The molecule has 0 aliphatic carbocycles. The van der Waals surface area contributed by atoms with E-state index in [1.165, 1.54) is 25.3 Å². The van der Waals surface area contributed by atoms with E-state index >= 15 is 0 Å². The topological polar surface area (TPSA) is 84.9 Å². The normalized spacial score (nSPS) is 11.0. The summed E-state index contributed by atoms with van der Waals surface area (Å²) in [4.78, 5) is 13.1. The van der Waals surface area contributed by atoms with Crippen LogP contribution in [0.2, 0.25) is 5.02 Å². The van der Waals surface area contributed by atoms with Gasteiger partial charge in [-0.2, -0.15) is 0 Å². The van der Waals surface area contributed by atoms with E-state index in [0.29, 0.717) is 23.1 Å². The molecule has 0 fully saturated rings. The first-order chi connectivity index (χ1) is 18.3. The lowest BCUT2D eigenvalue weighted by atomic mass is 10.2. The van der Waals surface area contributed by atoms with Gasteiger partial charge in [0.15, 0.2) is 0 Å². The smallest absolute Gasteiger partial charge is 0.264 e. The van der Waals surface area contributed by atoms with Crippen molar-refractivity contribution in [3.8, 4) is 11.5 Å². The quantitative estimate of drug-likeness (QED) is 0.259. The molecule has 0 spiro atoms. The van der Waals surface area contributed by atoms with E-state index in [1.807, 2.05) is 37.3 Å². The molecule has 0 aliphatic rings. The van der Waals surface area contributed by atoms with Crippen molar-refractivity contribution in [2.24, 2.45) is 0 Å². The highest BCUT2D eigenvalue weighted by Crippen LogP contribution is 2.35. The summed E-state index contributed by atoms with van der Waals surface area (Å²) in [5, 5.41) is 3.06. The number of carbonyl (C=O) groups excluding carboxylic acids is 1. The second-order valence-corrected chi connectivity index (χ2v) is 10.8. The molecule has 1 N–H and O–H groups in total. The summed E-state index contributed by atoms with van der Waals surface area (Å²) in [5.41, 5.74) is 2.59. The van der Waals surface area contributed by atoms with Gasteiger partial charge in [0.25, 0.3) is 10.0 Å². The Morgan fingerprint density at radius 3 is 2.26 bits per heavy atom. The van der Waals surface area contributed by atoms with Crippen molar-refractivity contribution in [2.45, 2.75) is 18.4 Å². The van der Waals surface area contributed by atoms with Crippen LogP contribution in [0.4, 0.5) is 11.4 Å². The maximum absolute atomic E-state index is 13.7. The molecule has 4 aromatic rings. The average Bonchev–Trinajstić information content (AvgIpc) is 2.92.